The van der Waals surface area contributed by atoms with E-state index in [2.05, 4.69) is 19.9 Å². The van der Waals surface area contributed by atoms with Crippen LogP contribution < -0.4 is 0 Å². The SMILES string of the molecule is CCOC(=O)C1=C[C@H]2CC(C)(C)C[C@@H]2CC1. The third-order valence-electron chi connectivity index (χ3n) is 3.95. The molecule has 0 aromatic heterocycles. The summed E-state index contributed by atoms with van der Waals surface area (Å²) in [6, 6.07) is 0. The van der Waals surface area contributed by atoms with Crippen molar-refractivity contribution in [2.45, 2.75) is 46.5 Å². The molecule has 0 unspecified atom stereocenters. The highest BCUT2D eigenvalue weighted by atomic mass is 16.5. The van der Waals surface area contributed by atoms with Gasteiger partial charge in [0.05, 0.1) is 6.61 Å². The van der Waals surface area contributed by atoms with E-state index in [-0.39, 0.29) is 5.97 Å². The first kappa shape index (κ1) is 11.7. The lowest BCUT2D eigenvalue weighted by Crippen LogP contribution is -2.17. The Morgan fingerprint density at radius 2 is 2.25 bits per heavy atom. The Morgan fingerprint density at radius 3 is 2.94 bits per heavy atom. The highest BCUT2D eigenvalue weighted by Gasteiger charge is 2.40. The van der Waals surface area contributed by atoms with Gasteiger partial charge in [-0.15, -0.1) is 0 Å². The lowest BCUT2D eigenvalue weighted by Gasteiger charge is -2.23. The predicted molar refractivity (Wildman–Crippen MR) is 63.9 cm³/mol. The zero-order valence-corrected chi connectivity index (χ0v) is 10.6. The maximum Gasteiger partial charge on any atom is 0.333 e. The van der Waals surface area contributed by atoms with Crippen LogP contribution in [0, 0.1) is 17.3 Å². The van der Waals surface area contributed by atoms with Gasteiger partial charge in [-0.05, 0) is 49.9 Å². The number of hydrogen-bond donors (Lipinski definition) is 0. The van der Waals surface area contributed by atoms with Crippen molar-refractivity contribution in [3.8, 4) is 0 Å². The van der Waals surface area contributed by atoms with Gasteiger partial charge in [0, 0.05) is 5.57 Å². The van der Waals surface area contributed by atoms with Crippen molar-refractivity contribution in [2.75, 3.05) is 6.61 Å². The van der Waals surface area contributed by atoms with Crippen molar-refractivity contribution in [3.05, 3.63) is 11.6 Å². The van der Waals surface area contributed by atoms with E-state index < -0.39 is 0 Å². The minimum absolute atomic E-state index is 0.0920. The highest BCUT2D eigenvalue weighted by Crippen LogP contribution is 2.50. The van der Waals surface area contributed by atoms with Gasteiger partial charge in [-0.2, -0.15) is 0 Å². The molecule has 2 aliphatic rings. The van der Waals surface area contributed by atoms with E-state index in [1.807, 2.05) is 6.92 Å². The quantitative estimate of drug-likeness (QED) is 0.670. The van der Waals surface area contributed by atoms with Gasteiger partial charge in [0.25, 0.3) is 0 Å². The molecule has 0 aromatic rings. The van der Waals surface area contributed by atoms with Crippen LogP contribution in [-0.2, 0) is 9.53 Å². The molecule has 2 nitrogen and oxygen atoms in total. The lowest BCUT2D eigenvalue weighted by atomic mass is 9.83. The molecule has 1 fully saturated rings. The van der Waals surface area contributed by atoms with Gasteiger partial charge in [-0.3, -0.25) is 0 Å². The van der Waals surface area contributed by atoms with Crippen LogP contribution in [0.1, 0.15) is 46.5 Å². The van der Waals surface area contributed by atoms with Crippen LogP contribution in [-0.4, -0.2) is 12.6 Å². The van der Waals surface area contributed by atoms with Crippen molar-refractivity contribution in [2.24, 2.45) is 17.3 Å². The van der Waals surface area contributed by atoms with Crippen LogP contribution in [0.2, 0.25) is 0 Å². The summed E-state index contributed by atoms with van der Waals surface area (Å²) in [5.41, 5.74) is 1.37. The fourth-order valence-electron chi connectivity index (χ4n) is 3.34. The second kappa shape index (κ2) is 4.23. The molecule has 16 heavy (non-hydrogen) atoms. The minimum Gasteiger partial charge on any atom is -0.463 e. The maximum absolute atomic E-state index is 11.7. The van der Waals surface area contributed by atoms with E-state index >= 15 is 0 Å². The van der Waals surface area contributed by atoms with Gasteiger partial charge >= 0.3 is 5.97 Å². The lowest BCUT2D eigenvalue weighted by molar-refractivity contribution is -0.138. The molecule has 2 atom stereocenters. The van der Waals surface area contributed by atoms with Gasteiger partial charge < -0.3 is 4.74 Å². The summed E-state index contributed by atoms with van der Waals surface area (Å²) in [5.74, 6) is 1.32. The standard InChI is InChI=1S/C14H22O2/c1-4-16-13(15)10-5-6-11-8-14(2,3)9-12(11)7-10/h7,11-12H,4-6,8-9H2,1-3H3/t11-,12-/m0/s1. The van der Waals surface area contributed by atoms with Crippen LogP contribution in [0.3, 0.4) is 0 Å². The van der Waals surface area contributed by atoms with E-state index in [1.54, 1.807) is 0 Å². The summed E-state index contributed by atoms with van der Waals surface area (Å²) in [6.45, 7) is 7.02. The Labute approximate surface area is 98.1 Å². The van der Waals surface area contributed by atoms with Crippen molar-refractivity contribution in [1.29, 1.82) is 0 Å². The smallest absolute Gasteiger partial charge is 0.333 e. The van der Waals surface area contributed by atoms with E-state index in [9.17, 15) is 4.79 Å². The average Bonchev–Trinajstić information content (AvgIpc) is 2.50. The predicted octanol–water partition coefficient (Wildman–Crippen LogP) is 3.32. The summed E-state index contributed by atoms with van der Waals surface area (Å²) in [4.78, 5) is 11.7. The molecule has 0 spiro atoms. The number of carbonyl (C=O) groups is 1. The summed E-state index contributed by atoms with van der Waals surface area (Å²) >= 11 is 0. The Kier molecular flexibility index (Phi) is 3.09. The zero-order chi connectivity index (χ0) is 11.8. The van der Waals surface area contributed by atoms with Crippen LogP contribution in [0.15, 0.2) is 11.6 Å². The molecule has 2 heteroatoms. The number of rotatable bonds is 2. The van der Waals surface area contributed by atoms with Crippen molar-refractivity contribution < 1.29 is 9.53 Å². The van der Waals surface area contributed by atoms with Gasteiger partial charge in [-0.1, -0.05) is 19.9 Å². The maximum atomic E-state index is 11.7. The molecule has 0 amide bonds. The van der Waals surface area contributed by atoms with Crippen LogP contribution in [0.4, 0.5) is 0 Å². The second-order valence-corrected chi connectivity index (χ2v) is 5.95. The van der Waals surface area contributed by atoms with E-state index in [0.717, 1.165) is 17.9 Å². The molecule has 2 aliphatic carbocycles. The molecule has 0 radical (unpaired) electrons. The first-order valence-electron chi connectivity index (χ1n) is 6.39. The Hall–Kier alpha value is -0.790. The molecule has 0 N–H and O–H groups in total. The topological polar surface area (TPSA) is 26.3 Å². The Balaban J connectivity index is 2.07. The number of carbonyl (C=O) groups excluding carboxylic acids is 1. The molecule has 0 heterocycles. The molecule has 0 aromatic carbocycles. The minimum atomic E-state index is -0.0920. The van der Waals surface area contributed by atoms with E-state index in [0.29, 0.717) is 17.9 Å². The molecule has 0 bridgehead atoms. The van der Waals surface area contributed by atoms with Crippen molar-refractivity contribution in [1.82, 2.24) is 0 Å². The fraction of sp³-hybridized carbons (Fsp3) is 0.786. The molecule has 2 rings (SSSR count). The monoisotopic (exact) mass is 222 g/mol. The first-order valence-corrected chi connectivity index (χ1v) is 6.39. The third kappa shape index (κ3) is 2.31. The number of esters is 1. The van der Waals surface area contributed by atoms with Gasteiger partial charge in [0.2, 0.25) is 0 Å². The average molecular weight is 222 g/mol. The number of ether oxygens (including phenoxy) is 1. The molecule has 0 aliphatic heterocycles. The van der Waals surface area contributed by atoms with E-state index in [4.69, 9.17) is 4.74 Å². The third-order valence-corrected chi connectivity index (χ3v) is 3.95. The number of hydrogen-bond acceptors (Lipinski definition) is 2. The van der Waals surface area contributed by atoms with Gasteiger partial charge in [-0.25, -0.2) is 4.79 Å². The van der Waals surface area contributed by atoms with Gasteiger partial charge in [0.15, 0.2) is 0 Å². The summed E-state index contributed by atoms with van der Waals surface area (Å²) in [7, 11) is 0. The highest BCUT2D eigenvalue weighted by molar-refractivity contribution is 5.88. The number of fused-ring (bicyclic) bond motifs is 1. The molecular formula is C14H22O2. The molecule has 90 valence electrons. The Morgan fingerprint density at radius 1 is 1.50 bits per heavy atom. The first-order chi connectivity index (χ1) is 7.52. The summed E-state index contributed by atoms with van der Waals surface area (Å²) < 4.78 is 5.07. The fourth-order valence-corrected chi connectivity index (χ4v) is 3.34. The summed E-state index contributed by atoms with van der Waals surface area (Å²) in [5, 5.41) is 0. The molecule has 1 saturated carbocycles. The Bertz CT molecular complexity index is 315. The van der Waals surface area contributed by atoms with Crippen LogP contribution in [0.5, 0.6) is 0 Å². The van der Waals surface area contributed by atoms with Crippen LogP contribution >= 0.6 is 0 Å². The zero-order valence-electron chi connectivity index (χ0n) is 10.6. The van der Waals surface area contributed by atoms with Crippen LogP contribution in [0.25, 0.3) is 0 Å². The molecule has 0 saturated heterocycles. The largest absolute Gasteiger partial charge is 0.463 e. The number of allylic oxidation sites excluding steroid dienone is 1. The summed E-state index contributed by atoms with van der Waals surface area (Å²) in [6.07, 6.45) is 6.81. The van der Waals surface area contributed by atoms with Gasteiger partial charge in [0.1, 0.15) is 0 Å². The second-order valence-electron chi connectivity index (χ2n) is 5.95. The molecular weight excluding hydrogens is 200 g/mol. The van der Waals surface area contributed by atoms with Crippen molar-refractivity contribution >= 4 is 5.97 Å². The van der Waals surface area contributed by atoms with Crippen molar-refractivity contribution in [3.63, 3.8) is 0 Å². The van der Waals surface area contributed by atoms with E-state index in [1.165, 1.54) is 19.3 Å². The normalized spacial score (nSPS) is 31.8.